The molecule has 1 aliphatic rings. The highest BCUT2D eigenvalue weighted by Crippen LogP contribution is 2.26. The molecule has 3 heterocycles. The molecule has 0 spiro atoms. The van der Waals surface area contributed by atoms with Crippen LogP contribution >= 0.6 is 11.3 Å². The Kier molecular flexibility index (Phi) is 6.75. The number of carboxylic acids is 1. The van der Waals surface area contributed by atoms with E-state index in [1.54, 1.807) is 22.0 Å². The van der Waals surface area contributed by atoms with Gasteiger partial charge in [-0.15, -0.1) is 0 Å². The van der Waals surface area contributed by atoms with Gasteiger partial charge in [-0.3, -0.25) is 9.69 Å². The van der Waals surface area contributed by atoms with Crippen LogP contribution in [0.25, 0.3) is 10.9 Å². The largest absolute Gasteiger partial charge is 0.477 e. The van der Waals surface area contributed by atoms with Crippen molar-refractivity contribution in [3.05, 3.63) is 62.3 Å². The van der Waals surface area contributed by atoms with Gasteiger partial charge in [0.25, 0.3) is 0 Å². The zero-order chi connectivity index (χ0) is 23.5. The molecule has 33 heavy (non-hydrogen) atoms. The number of hydrogen-bond acceptors (Lipinski definition) is 7. The van der Waals surface area contributed by atoms with Crippen molar-refractivity contribution >= 4 is 39.6 Å². The molecule has 4 rings (SSSR count). The number of anilines is 1. The molecule has 0 unspecified atom stereocenters. The van der Waals surface area contributed by atoms with Gasteiger partial charge in [-0.2, -0.15) is 11.3 Å². The third kappa shape index (κ3) is 4.62. The number of nitrogens with zero attached hydrogens (tertiary/aromatic N) is 4. The van der Waals surface area contributed by atoms with Crippen molar-refractivity contribution in [3.8, 4) is 0 Å². The van der Waals surface area contributed by atoms with E-state index >= 15 is 4.39 Å². The Balaban J connectivity index is 1.56. The summed E-state index contributed by atoms with van der Waals surface area (Å²) in [6.07, 6.45) is 1.33. The van der Waals surface area contributed by atoms with E-state index in [-0.39, 0.29) is 10.9 Å². The van der Waals surface area contributed by atoms with Gasteiger partial charge in [0.2, 0.25) is 5.43 Å². The van der Waals surface area contributed by atoms with E-state index in [4.69, 9.17) is 4.84 Å². The number of aryl methyl sites for hydroxylation is 1. The highest BCUT2D eigenvalue weighted by Gasteiger charge is 2.23. The van der Waals surface area contributed by atoms with Gasteiger partial charge in [0.15, 0.2) is 0 Å². The van der Waals surface area contributed by atoms with Crippen LogP contribution in [0, 0.1) is 5.82 Å². The summed E-state index contributed by atoms with van der Waals surface area (Å²) >= 11 is 1.60. The number of hydrogen-bond donors (Lipinski definition) is 1. The van der Waals surface area contributed by atoms with Gasteiger partial charge >= 0.3 is 5.97 Å². The van der Waals surface area contributed by atoms with Crippen LogP contribution in [0.3, 0.4) is 0 Å². The second-order valence-electron chi connectivity index (χ2n) is 7.78. The van der Waals surface area contributed by atoms with Gasteiger partial charge in [0, 0.05) is 56.4 Å². The van der Waals surface area contributed by atoms with Crippen LogP contribution in [0.4, 0.5) is 10.1 Å². The van der Waals surface area contributed by atoms with Gasteiger partial charge in [0.1, 0.15) is 24.2 Å². The summed E-state index contributed by atoms with van der Waals surface area (Å²) in [5.74, 6) is -1.85. The lowest BCUT2D eigenvalue weighted by Crippen LogP contribution is -2.48. The normalized spacial score (nSPS) is 15.2. The number of fused-ring (bicyclic) bond motifs is 1. The van der Waals surface area contributed by atoms with Crippen LogP contribution in [0.5, 0.6) is 0 Å². The molecule has 0 aliphatic carbocycles. The minimum atomic E-state index is -1.32. The second kappa shape index (κ2) is 9.72. The van der Waals surface area contributed by atoms with Crippen molar-refractivity contribution in [2.45, 2.75) is 13.5 Å². The molecule has 10 heteroatoms. The van der Waals surface area contributed by atoms with E-state index in [9.17, 15) is 14.7 Å². The number of aromatic nitrogens is 1. The van der Waals surface area contributed by atoms with Gasteiger partial charge in [0.05, 0.1) is 11.2 Å². The number of benzene rings is 1. The lowest BCUT2D eigenvalue weighted by molar-refractivity contribution is 0.0695. The molecule has 3 aromatic rings. The number of piperazine rings is 1. The third-order valence-electron chi connectivity index (χ3n) is 5.86. The van der Waals surface area contributed by atoms with E-state index in [0.29, 0.717) is 50.5 Å². The molecular weight excluding hydrogens is 447 g/mol. The highest BCUT2D eigenvalue weighted by atomic mass is 32.1. The Morgan fingerprint density at radius 3 is 2.64 bits per heavy atom. The summed E-state index contributed by atoms with van der Waals surface area (Å²) in [6.45, 7) is 5.58. The van der Waals surface area contributed by atoms with Crippen LogP contribution in [-0.4, -0.2) is 66.1 Å². The summed E-state index contributed by atoms with van der Waals surface area (Å²) in [6, 6.07) is 4.82. The van der Waals surface area contributed by atoms with Crippen molar-refractivity contribution in [1.82, 2.24) is 9.47 Å². The summed E-state index contributed by atoms with van der Waals surface area (Å²) in [7, 11) is 1.53. The molecule has 1 N–H and O–H groups in total. The van der Waals surface area contributed by atoms with Gasteiger partial charge in [-0.25, -0.2) is 9.18 Å². The average molecular weight is 473 g/mol. The number of carboxylic acid groups (broad SMARTS) is 1. The van der Waals surface area contributed by atoms with Crippen LogP contribution in [-0.2, 0) is 11.4 Å². The zero-order valence-corrected chi connectivity index (χ0v) is 19.3. The maximum absolute atomic E-state index is 15.1. The minimum absolute atomic E-state index is 0.0767. The summed E-state index contributed by atoms with van der Waals surface area (Å²) < 4.78 is 16.7. The predicted molar refractivity (Wildman–Crippen MR) is 127 cm³/mol. The lowest BCUT2D eigenvalue weighted by Gasteiger charge is -2.36. The molecule has 1 aromatic carbocycles. The number of rotatable bonds is 7. The maximum atomic E-state index is 15.1. The number of halogens is 1. The average Bonchev–Trinajstić information content (AvgIpc) is 3.34. The molecule has 2 aromatic heterocycles. The maximum Gasteiger partial charge on any atom is 0.341 e. The van der Waals surface area contributed by atoms with E-state index in [2.05, 4.69) is 10.1 Å². The van der Waals surface area contributed by atoms with E-state index < -0.39 is 17.2 Å². The molecule has 0 amide bonds. The summed E-state index contributed by atoms with van der Waals surface area (Å²) in [5, 5.41) is 17.6. The number of oxime groups is 1. The second-order valence-corrected chi connectivity index (χ2v) is 8.56. The molecular formula is C23H25FN4O4S. The Labute approximate surface area is 194 Å². The first-order valence-electron chi connectivity index (χ1n) is 10.6. The fourth-order valence-corrected chi connectivity index (χ4v) is 4.79. The summed E-state index contributed by atoms with van der Waals surface area (Å²) in [5.41, 5.74) is 1.79. The third-order valence-corrected chi connectivity index (χ3v) is 6.55. The number of thiophene rings is 1. The molecule has 1 saturated heterocycles. The standard InChI is InChI=1S/C23H25FN4O4S/c1-3-27-12-17(23(30)31)22(29)16-10-18(24)21(11-20(16)27)28-7-5-26(6-8-28)13-19(25-32-2)15-4-9-33-14-15/h4,9-12,14H,3,5-8,13H2,1-2H3,(H,30,31)/b25-19+. The first-order chi connectivity index (χ1) is 15.9. The SMILES string of the molecule is CCn1cc(C(=O)O)c(=O)c2cc(F)c(N3CCN(C/C(=N\OC)c4ccsc4)CC3)cc21. The van der Waals surface area contributed by atoms with E-state index in [0.717, 1.165) is 17.3 Å². The fraction of sp³-hybridized carbons (Fsp3) is 0.348. The quantitative estimate of drug-likeness (QED) is 0.420. The first kappa shape index (κ1) is 22.9. The van der Waals surface area contributed by atoms with Crippen molar-refractivity contribution in [2.75, 3.05) is 44.7 Å². The van der Waals surface area contributed by atoms with Crippen LogP contribution in [0.1, 0.15) is 22.8 Å². The summed E-state index contributed by atoms with van der Waals surface area (Å²) in [4.78, 5) is 33.2. The Bertz CT molecular complexity index is 1250. The Hall–Kier alpha value is -3.24. The molecule has 0 atom stereocenters. The van der Waals surface area contributed by atoms with Gasteiger partial charge in [-0.1, -0.05) is 5.16 Å². The predicted octanol–water partition coefficient (Wildman–Crippen LogP) is 3.09. The number of pyridine rings is 1. The first-order valence-corrected chi connectivity index (χ1v) is 11.6. The molecule has 0 radical (unpaired) electrons. The van der Waals surface area contributed by atoms with E-state index in [1.807, 2.05) is 28.7 Å². The van der Waals surface area contributed by atoms with Crippen molar-refractivity contribution in [2.24, 2.45) is 5.16 Å². The molecule has 174 valence electrons. The van der Waals surface area contributed by atoms with Gasteiger partial charge in [-0.05, 0) is 35.9 Å². The van der Waals surface area contributed by atoms with Crippen molar-refractivity contribution < 1.29 is 19.1 Å². The minimum Gasteiger partial charge on any atom is -0.477 e. The van der Waals surface area contributed by atoms with Crippen molar-refractivity contribution in [1.29, 1.82) is 0 Å². The molecule has 8 nitrogen and oxygen atoms in total. The highest BCUT2D eigenvalue weighted by molar-refractivity contribution is 7.08. The smallest absolute Gasteiger partial charge is 0.341 e. The van der Waals surface area contributed by atoms with Crippen LogP contribution < -0.4 is 10.3 Å². The van der Waals surface area contributed by atoms with E-state index in [1.165, 1.54) is 13.3 Å². The van der Waals surface area contributed by atoms with Crippen LogP contribution in [0.2, 0.25) is 0 Å². The Morgan fingerprint density at radius 2 is 2.03 bits per heavy atom. The number of carbonyl (C=O) groups is 1. The van der Waals surface area contributed by atoms with Crippen molar-refractivity contribution in [3.63, 3.8) is 0 Å². The number of aromatic carboxylic acids is 1. The fourth-order valence-electron chi connectivity index (χ4n) is 4.13. The topological polar surface area (TPSA) is 87.4 Å². The molecule has 1 fully saturated rings. The monoisotopic (exact) mass is 472 g/mol. The molecule has 0 saturated carbocycles. The molecule has 1 aliphatic heterocycles. The van der Waals surface area contributed by atoms with Crippen LogP contribution in [0.15, 0.2) is 45.1 Å². The lowest BCUT2D eigenvalue weighted by atomic mass is 10.1. The molecule has 0 bridgehead atoms. The zero-order valence-electron chi connectivity index (χ0n) is 18.5. The van der Waals surface area contributed by atoms with Gasteiger partial charge < -0.3 is 19.4 Å². The Morgan fingerprint density at radius 1 is 1.27 bits per heavy atom.